The van der Waals surface area contributed by atoms with Crippen molar-refractivity contribution in [2.75, 3.05) is 0 Å². The Morgan fingerprint density at radius 3 is 2.72 bits per heavy atom. The van der Waals surface area contributed by atoms with E-state index in [0.717, 1.165) is 51.6 Å². The number of rotatable bonds is 4. The molecule has 0 saturated heterocycles. The second-order valence-corrected chi connectivity index (χ2v) is 10.3. The van der Waals surface area contributed by atoms with Crippen LogP contribution in [0, 0.1) is 6.92 Å². The van der Waals surface area contributed by atoms with Gasteiger partial charge in [0.1, 0.15) is 4.83 Å². The summed E-state index contributed by atoms with van der Waals surface area (Å²) in [5, 5.41) is 4.09. The van der Waals surface area contributed by atoms with Crippen LogP contribution in [0.5, 0.6) is 0 Å². The molecule has 1 aliphatic rings. The summed E-state index contributed by atoms with van der Waals surface area (Å²) in [5.74, 6) is 0.760. The largest absolute Gasteiger partial charge is 0.268 e. The SMILES string of the molecule is Cc1ccccc1-n1c(SCc2cccc3ccccc23)nc2sc3c(c2c1=O)CCC3. The molecule has 5 aromatic rings. The number of nitrogens with zero attached hydrogens (tertiary/aromatic N) is 2. The smallest absolute Gasteiger partial charge is 0.267 e. The lowest BCUT2D eigenvalue weighted by molar-refractivity contribution is 0.815. The van der Waals surface area contributed by atoms with Crippen LogP contribution < -0.4 is 5.56 Å². The van der Waals surface area contributed by atoms with Crippen LogP contribution in [0.4, 0.5) is 0 Å². The van der Waals surface area contributed by atoms with Crippen molar-refractivity contribution in [3.05, 3.63) is 98.7 Å². The van der Waals surface area contributed by atoms with Crippen LogP contribution >= 0.6 is 23.1 Å². The van der Waals surface area contributed by atoms with E-state index in [1.165, 1.54) is 26.8 Å². The summed E-state index contributed by atoms with van der Waals surface area (Å²) in [6.07, 6.45) is 3.19. The maximum atomic E-state index is 13.9. The van der Waals surface area contributed by atoms with Gasteiger partial charge in [-0.1, -0.05) is 72.4 Å². The molecule has 32 heavy (non-hydrogen) atoms. The van der Waals surface area contributed by atoms with E-state index in [2.05, 4.69) is 55.5 Å². The number of aromatic nitrogens is 2. The molecule has 3 nitrogen and oxygen atoms in total. The van der Waals surface area contributed by atoms with Crippen LogP contribution in [0.15, 0.2) is 76.7 Å². The molecule has 158 valence electrons. The Kier molecular flexibility index (Phi) is 4.89. The van der Waals surface area contributed by atoms with Gasteiger partial charge in [0.05, 0.1) is 11.1 Å². The molecule has 0 fully saturated rings. The van der Waals surface area contributed by atoms with Crippen LogP contribution in [0.1, 0.15) is 28.0 Å². The number of hydrogen-bond acceptors (Lipinski definition) is 4. The van der Waals surface area contributed by atoms with Gasteiger partial charge >= 0.3 is 0 Å². The molecule has 3 aromatic carbocycles. The Hall–Kier alpha value is -2.89. The van der Waals surface area contributed by atoms with Crippen LogP contribution in [0.25, 0.3) is 26.7 Å². The lowest BCUT2D eigenvalue weighted by atomic mass is 10.1. The van der Waals surface area contributed by atoms with Crippen molar-refractivity contribution in [3.8, 4) is 5.69 Å². The molecule has 2 heterocycles. The first-order chi connectivity index (χ1) is 15.7. The van der Waals surface area contributed by atoms with Gasteiger partial charge in [0.25, 0.3) is 5.56 Å². The van der Waals surface area contributed by atoms with E-state index in [1.54, 1.807) is 23.1 Å². The molecule has 0 saturated carbocycles. The zero-order valence-corrected chi connectivity index (χ0v) is 19.4. The Bertz CT molecular complexity index is 1540. The van der Waals surface area contributed by atoms with Crippen LogP contribution in [-0.2, 0) is 18.6 Å². The highest BCUT2D eigenvalue weighted by Crippen LogP contribution is 2.37. The van der Waals surface area contributed by atoms with Crippen molar-refractivity contribution in [2.24, 2.45) is 0 Å². The second kappa shape index (κ2) is 7.91. The van der Waals surface area contributed by atoms with Gasteiger partial charge in [0.2, 0.25) is 0 Å². The molecule has 0 aliphatic heterocycles. The third-order valence-corrected chi connectivity index (χ3v) is 8.47. The lowest BCUT2D eigenvalue weighted by Gasteiger charge is -2.15. The van der Waals surface area contributed by atoms with Crippen molar-refractivity contribution in [3.63, 3.8) is 0 Å². The summed E-state index contributed by atoms with van der Waals surface area (Å²) in [4.78, 5) is 21.2. The van der Waals surface area contributed by atoms with E-state index in [-0.39, 0.29) is 5.56 Å². The van der Waals surface area contributed by atoms with E-state index in [1.807, 2.05) is 22.8 Å². The number of para-hydroxylation sites is 1. The van der Waals surface area contributed by atoms with E-state index < -0.39 is 0 Å². The monoisotopic (exact) mass is 454 g/mol. The molecule has 1 aliphatic carbocycles. The molecule has 0 atom stereocenters. The van der Waals surface area contributed by atoms with Gasteiger partial charge in [-0.3, -0.25) is 9.36 Å². The Morgan fingerprint density at radius 1 is 1.00 bits per heavy atom. The third-order valence-electron chi connectivity index (χ3n) is 6.30. The molecule has 0 N–H and O–H groups in total. The zero-order chi connectivity index (χ0) is 21.7. The molecular formula is C27H22N2OS2. The van der Waals surface area contributed by atoms with E-state index >= 15 is 0 Å². The molecule has 0 radical (unpaired) electrons. The fourth-order valence-corrected chi connectivity index (χ4v) is 7.02. The van der Waals surface area contributed by atoms with Crippen molar-refractivity contribution in [1.82, 2.24) is 9.55 Å². The van der Waals surface area contributed by atoms with Crippen molar-refractivity contribution >= 4 is 44.1 Å². The number of thioether (sulfide) groups is 1. The standard InChI is InChI=1S/C27H22N2OS2/c1-17-8-2-5-14-22(17)29-26(30)24-21-13-7-15-23(21)32-25(24)28-27(29)31-16-19-11-6-10-18-9-3-4-12-20(18)19/h2-6,8-12,14H,7,13,15-16H2,1H3. The maximum Gasteiger partial charge on any atom is 0.267 e. The average Bonchev–Trinajstić information content (AvgIpc) is 3.39. The molecule has 0 bridgehead atoms. The van der Waals surface area contributed by atoms with Crippen LogP contribution in [0.3, 0.4) is 0 Å². The predicted octanol–water partition coefficient (Wildman–Crippen LogP) is 6.69. The predicted molar refractivity (Wildman–Crippen MR) is 135 cm³/mol. The maximum absolute atomic E-state index is 13.9. The summed E-state index contributed by atoms with van der Waals surface area (Å²) < 4.78 is 1.85. The fraction of sp³-hybridized carbons (Fsp3) is 0.185. The van der Waals surface area contributed by atoms with Gasteiger partial charge in [-0.2, -0.15) is 0 Å². The minimum absolute atomic E-state index is 0.0733. The van der Waals surface area contributed by atoms with E-state index in [0.29, 0.717) is 0 Å². The van der Waals surface area contributed by atoms with Crippen LogP contribution in [-0.4, -0.2) is 9.55 Å². The van der Waals surface area contributed by atoms with E-state index in [4.69, 9.17) is 4.98 Å². The molecule has 0 unspecified atom stereocenters. The van der Waals surface area contributed by atoms with Crippen molar-refractivity contribution in [2.45, 2.75) is 37.1 Å². The molecular weight excluding hydrogens is 432 g/mol. The highest BCUT2D eigenvalue weighted by Gasteiger charge is 2.24. The summed E-state index contributed by atoms with van der Waals surface area (Å²) in [5.41, 5.74) is 4.56. The third kappa shape index (κ3) is 3.19. The fourth-order valence-electron chi connectivity index (χ4n) is 4.71. The number of benzene rings is 3. The number of thiophene rings is 1. The van der Waals surface area contributed by atoms with Crippen LogP contribution in [0.2, 0.25) is 0 Å². The second-order valence-electron chi connectivity index (χ2n) is 8.29. The number of hydrogen-bond donors (Lipinski definition) is 0. The molecule has 2 aromatic heterocycles. The minimum atomic E-state index is 0.0733. The van der Waals surface area contributed by atoms with Crippen molar-refractivity contribution < 1.29 is 0 Å². The molecule has 5 heteroatoms. The first-order valence-electron chi connectivity index (χ1n) is 10.9. The topological polar surface area (TPSA) is 34.9 Å². The van der Waals surface area contributed by atoms with Gasteiger partial charge < -0.3 is 0 Å². The van der Waals surface area contributed by atoms with Gasteiger partial charge in [-0.25, -0.2) is 4.98 Å². The van der Waals surface area contributed by atoms with Gasteiger partial charge in [-0.05, 0) is 59.7 Å². The average molecular weight is 455 g/mol. The Morgan fingerprint density at radius 2 is 1.81 bits per heavy atom. The number of aryl methyl sites for hydroxylation is 3. The Balaban J connectivity index is 1.52. The Labute approximate surface area is 194 Å². The lowest BCUT2D eigenvalue weighted by Crippen LogP contribution is -2.22. The quantitative estimate of drug-likeness (QED) is 0.224. The highest BCUT2D eigenvalue weighted by molar-refractivity contribution is 7.98. The molecule has 6 rings (SSSR count). The molecule has 0 spiro atoms. The van der Waals surface area contributed by atoms with E-state index in [9.17, 15) is 4.79 Å². The zero-order valence-electron chi connectivity index (χ0n) is 17.8. The highest BCUT2D eigenvalue weighted by atomic mass is 32.2. The number of fused-ring (bicyclic) bond motifs is 4. The first kappa shape index (κ1) is 19.8. The van der Waals surface area contributed by atoms with Gasteiger partial charge in [0.15, 0.2) is 5.16 Å². The summed E-state index contributed by atoms with van der Waals surface area (Å²) in [7, 11) is 0. The summed E-state index contributed by atoms with van der Waals surface area (Å²) in [6, 6.07) is 23.0. The first-order valence-corrected chi connectivity index (χ1v) is 12.7. The van der Waals surface area contributed by atoms with Gasteiger partial charge in [-0.15, -0.1) is 11.3 Å². The van der Waals surface area contributed by atoms with Crippen molar-refractivity contribution in [1.29, 1.82) is 0 Å². The summed E-state index contributed by atoms with van der Waals surface area (Å²) in [6.45, 7) is 2.06. The molecule has 0 amide bonds. The van der Waals surface area contributed by atoms with Gasteiger partial charge in [0, 0.05) is 10.6 Å². The normalized spacial score (nSPS) is 13.2. The minimum Gasteiger partial charge on any atom is -0.268 e. The summed E-state index contributed by atoms with van der Waals surface area (Å²) >= 11 is 3.36.